The van der Waals surface area contributed by atoms with Gasteiger partial charge >= 0.3 is 6.09 Å². The largest absolute Gasteiger partial charge is 0.445 e. The van der Waals surface area contributed by atoms with Crippen LogP contribution in [0.3, 0.4) is 0 Å². The number of nitrogens with zero attached hydrogens (tertiary/aromatic N) is 1. The second-order valence-corrected chi connectivity index (χ2v) is 5.42. The minimum atomic E-state index is -0.572. The number of likely N-dealkylation sites (N-methyl/N-ethyl adjacent to an activating group) is 1. The molecule has 6 heteroatoms. The third-order valence-corrected chi connectivity index (χ3v) is 3.75. The lowest BCUT2D eigenvalue weighted by Crippen LogP contribution is -2.38. The Balaban J connectivity index is 1.95. The van der Waals surface area contributed by atoms with Gasteiger partial charge in [-0.25, -0.2) is 9.86 Å². The van der Waals surface area contributed by atoms with Crippen molar-refractivity contribution in [1.29, 1.82) is 0 Å². The molecule has 0 aromatic heterocycles. The molecule has 0 saturated carbocycles. The van der Waals surface area contributed by atoms with Crippen LogP contribution in [-0.4, -0.2) is 37.8 Å². The van der Waals surface area contributed by atoms with E-state index in [1.54, 1.807) is 0 Å². The van der Waals surface area contributed by atoms with E-state index >= 15 is 0 Å². The Morgan fingerprint density at radius 2 is 1.64 bits per heavy atom. The Bertz CT molecular complexity index is 676. The van der Waals surface area contributed by atoms with Crippen LogP contribution >= 0.6 is 0 Å². The summed E-state index contributed by atoms with van der Waals surface area (Å²) in [7, 11) is 2.95. The van der Waals surface area contributed by atoms with Crippen molar-refractivity contribution < 1.29 is 19.2 Å². The highest BCUT2D eigenvalue weighted by atomic mass is 16.7. The van der Waals surface area contributed by atoms with Gasteiger partial charge in [0.05, 0.1) is 13.0 Å². The molecule has 0 unspecified atom stereocenters. The van der Waals surface area contributed by atoms with Gasteiger partial charge in [0.1, 0.15) is 6.61 Å². The Hall–Kier alpha value is -2.86. The van der Waals surface area contributed by atoms with E-state index in [0.717, 1.165) is 16.2 Å². The van der Waals surface area contributed by atoms with Crippen molar-refractivity contribution >= 4 is 12.0 Å². The highest BCUT2D eigenvalue weighted by molar-refractivity contribution is 5.83. The Labute approximate surface area is 147 Å². The van der Waals surface area contributed by atoms with Gasteiger partial charge in [0.15, 0.2) is 0 Å². The van der Waals surface area contributed by atoms with Crippen molar-refractivity contribution in [3.63, 3.8) is 0 Å². The van der Waals surface area contributed by atoms with Crippen LogP contribution in [0.15, 0.2) is 60.7 Å². The highest BCUT2D eigenvalue weighted by Crippen LogP contribution is 2.17. The third kappa shape index (κ3) is 5.61. The lowest BCUT2D eigenvalue weighted by atomic mass is 9.98. The fourth-order valence-corrected chi connectivity index (χ4v) is 2.30. The first kappa shape index (κ1) is 18.5. The van der Waals surface area contributed by atoms with E-state index in [2.05, 4.69) is 5.32 Å². The van der Waals surface area contributed by atoms with E-state index in [9.17, 15) is 9.59 Å². The number of benzene rings is 2. The highest BCUT2D eigenvalue weighted by Gasteiger charge is 2.25. The number of ether oxygens (including phenoxy) is 1. The molecule has 0 bridgehead atoms. The minimum Gasteiger partial charge on any atom is -0.445 e. The standard InChI is InChI=1S/C19H22N2O4/c1-21(24-2)18(22)17(16-11-7-4-8-12-16)13-20-19(23)25-14-15-9-5-3-6-10-15/h3-12,17H,13-14H2,1-2H3,(H,20,23)/t17-/m0/s1. The van der Waals surface area contributed by atoms with Gasteiger partial charge < -0.3 is 10.1 Å². The van der Waals surface area contributed by atoms with Crippen molar-refractivity contribution in [1.82, 2.24) is 10.4 Å². The van der Waals surface area contributed by atoms with E-state index in [1.165, 1.54) is 14.2 Å². The summed E-state index contributed by atoms with van der Waals surface area (Å²) in [5, 5.41) is 3.79. The molecule has 2 rings (SSSR count). The molecular formula is C19H22N2O4. The van der Waals surface area contributed by atoms with Crippen LogP contribution < -0.4 is 5.32 Å². The molecule has 2 aromatic rings. The van der Waals surface area contributed by atoms with E-state index in [-0.39, 0.29) is 19.1 Å². The number of hydrogen-bond donors (Lipinski definition) is 1. The van der Waals surface area contributed by atoms with Gasteiger partial charge in [-0.2, -0.15) is 0 Å². The predicted octanol–water partition coefficient (Wildman–Crippen LogP) is 2.72. The van der Waals surface area contributed by atoms with Gasteiger partial charge in [-0.15, -0.1) is 0 Å². The number of nitrogens with one attached hydrogen (secondary N) is 1. The summed E-state index contributed by atoms with van der Waals surface area (Å²) >= 11 is 0. The quantitative estimate of drug-likeness (QED) is 0.786. The molecular weight excluding hydrogens is 320 g/mol. The smallest absolute Gasteiger partial charge is 0.407 e. The molecule has 0 heterocycles. The molecule has 0 fully saturated rings. The fourth-order valence-electron chi connectivity index (χ4n) is 2.30. The number of amides is 2. The number of hydrogen-bond acceptors (Lipinski definition) is 4. The SMILES string of the molecule is CON(C)C(=O)[C@@H](CNC(=O)OCc1ccccc1)c1ccccc1. The normalized spacial score (nSPS) is 11.4. The van der Waals surface area contributed by atoms with Crippen LogP contribution in [0, 0.1) is 0 Å². The molecule has 0 aliphatic carbocycles. The summed E-state index contributed by atoms with van der Waals surface area (Å²) < 4.78 is 5.17. The first-order chi connectivity index (χ1) is 12.1. The molecule has 0 aliphatic rings. The summed E-state index contributed by atoms with van der Waals surface area (Å²) in [5.41, 5.74) is 1.69. The fraction of sp³-hybridized carbons (Fsp3) is 0.263. The van der Waals surface area contributed by atoms with Gasteiger partial charge in [-0.1, -0.05) is 60.7 Å². The van der Waals surface area contributed by atoms with Crippen molar-refractivity contribution in [2.45, 2.75) is 12.5 Å². The van der Waals surface area contributed by atoms with Crippen LogP contribution in [0.2, 0.25) is 0 Å². The van der Waals surface area contributed by atoms with Crippen molar-refractivity contribution in [3.05, 3.63) is 71.8 Å². The number of rotatable bonds is 7. The van der Waals surface area contributed by atoms with Crippen molar-refractivity contribution in [2.75, 3.05) is 20.7 Å². The minimum absolute atomic E-state index is 0.115. The monoisotopic (exact) mass is 342 g/mol. The zero-order valence-corrected chi connectivity index (χ0v) is 14.3. The van der Waals surface area contributed by atoms with Crippen LogP contribution in [0.5, 0.6) is 0 Å². The lowest BCUT2D eigenvalue weighted by Gasteiger charge is -2.22. The van der Waals surface area contributed by atoms with E-state index in [1.807, 2.05) is 60.7 Å². The third-order valence-electron chi connectivity index (χ3n) is 3.75. The summed E-state index contributed by atoms with van der Waals surface area (Å²) in [4.78, 5) is 29.4. The Morgan fingerprint density at radius 1 is 1.04 bits per heavy atom. The molecule has 0 aliphatic heterocycles. The molecule has 132 valence electrons. The van der Waals surface area contributed by atoms with Crippen LogP contribution in [-0.2, 0) is 21.0 Å². The zero-order chi connectivity index (χ0) is 18.1. The number of carbonyl (C=O) groups excluding carboxylic acids is 2. The first-order valence-corrected chi connectivity index (χ1v) is 7.93. The molecule has 0 saturated heterocycles. The molecule has 1 atom stereocenters. The summed E-state index contributed by atoms with van der Waals surface area (Å²) in [6.45, 7) is 0.290. The van der Waals surface area contributed by atoms with Gasteiger partial charge in [0.25, 0.3) is 5.91 Å². The second kappa shape index (κ2) is 9.44. The number of hydroxylamine groups is 2. The maximum absolute atomic E-state index is 12.5. The second-order valence-electron chi connectivity index (χ2n) is 5.42. The van der Waals surface area contributed by atoms with Gasteiger partial charge in [0.2, 0.25) is 0 Å². The van der Waals surface area contributed by atoms with Gasteiger partial charge in [-0.3, -0.25) is 9.63 Å². The van der Waals surface area contributed by atoms with Crippen LogP contribution in [0.1, 0.15) is 17.0 Å². The van der Waals surface area contributed by atoms with Crippen molar-refractivity contribution in [3.8, 4) is 0 Å². The average Bonchev–Trinajstić information content (AvgIpc) is 2.67. The van der Waals surface area contributed by atoms with Gasteiger partial charge in [-0.05, 0) is 11.1 Å². The number of alkyl carbamates (subject to hydrolysis) is 1. The first-order valence-electron chi connectivity index (χ1n) is 7.93. The maximum Gasteiger partial charge on any atom is 0.407 e. The predicted molar refractivity (Wildman–Crippen MR) is 93.6 cm³/mol. The number of carbonyl (C=O) groups is 2. The zero-order valence-electron chi connectivity index (χ0n) is 14.3. The van der Waals surface area contributed by atoms with E-state index in [4.69, 9.17) is 9.57 Å². The van der Waals surface area contributed by atoms with E-state index < -0.39 is 12.0 Å². The lowest BCUT2D eigenvalue weighted by molar-refractivity contribution is -0.170. The van der Waals surface area contributed by atoms with Crippen molar-refractivity contribution in [2.24, 2.45) is 0 Å². The summed E-state index contributed by atoms with van der Waals surface area (Å²) in [6, 6.07) is 18.6. The Kier molecular flexibility index (Phi) is 6.98. The molecule has 6 nitrogen and oxygen atoms in total. The molecule has 25 heavy (non-hydrogen) atoms. The average molecular weight is 342 g/mol. The van der Waals surface area contributed by atoms with Gasteiger partial charge in [0, 0.05) is 13.6 Å². The molecule has 1 N–H and O–H groups in total. The Morgan fingerprint density at radius 3 is 2.24 bits per heavy atom. The molecule has 2 amide bonds. The topological polar surface area (TPSA) is 67.9 Å². The summed E-state index contributed by atoms with van der Waals surface area (Å²) in [6.07, 6.45) is -0.572. The maximum atomic E-state index is 12.5. The molecule has 0 radical (unpaired) electrons. The van der Waals surface area contributed by atoms with E-state index in [0.29, 0.717) is 0 Å². The van der Waals surface area contributed by atoms with Crippen LogP contribution in [0.25, 0.3) is 0 Å². The summed E-state index contributed by atoms with van der Waals surface area (Å²) in [5.74, 6) is -0.813. The molecule has 2 aromatic carbocycles. The molecule has 0 spiro atoms. The van der Waals surface area contributed by atoms with Crippen LogP contribution in [0.4, 0.5) is 4.79 Å².